The van der Waals surface area contributed by atoms with Gasteiger partial charge in [-0.15, -0.1) is 0 Å². The SMILES string of the molecule is CCCCS(=O)(=O)Nc1cccc(CCC(=O)O)c1. The topological polar surface area (TPSA) is 83.5 Å². The van der Waals surface area contributed by atoms with Crippen LogP contribution in [0.4, 0.5) is 5.69 Å². The molecule has 106 valence electrons. The smallest absolute Gasteiger partial charge is 0.303 e. The van der Waals surface area contributed by atoms with E-state index in [-0.39, 0.29) is 12.2 Å². The van der Waals surface area contributed by atoms with Gasteiger partial charge in [-0.3, -0.25) is 9.52 Å². The number of aryl methyl sites for hydroxylation is 1. The normalized spacial score (nSPS) is 11.2. The van der Waals surface area contributed by atoms with Crippen LogP contribution in [0.15, 0.2) is 24.3 Å². The van der Waals surface area contributed by atoms with Gasteiger partial charge in [0.25, 0.3) is 0 Å². The van der Waals surface area contributed by atoms with Crippen LogP contribution in [0.2, 0.25) is 0 Å². The number of carbonyl (C=O) groups is 1. The summed E-state index contributed by atoms with van der Waals surface area (Å²) in [5.41, 5.74) is 1.29. The molecular weight excluding hydrogens is 266 g/mol. The molecule has 6 heteroatoms. The van der Waals surface area contributed by atoms with Gasteiger partial charge in [-0.05, 0) is 30.5 Å². The molecule has 0 radical (unpaired) electrons. The van der Waals surface area contributed by atoms with E-state index in [0.29, 0.717) is 18.5 Å². The average Bonchev–Trinajstić information content (AvgIpc) is 2.34. The molecule has 0 bridgehead atoms. The molecule has 1 aromatic carbocycles. The van der Waals surface area contributed by atoms with Crippen molar-refractivity contribution < 1.29 is 18.3 Å². The molecule has 0 aliphatic rings. The molecule has 0 aliphatic heterocycles. The van der Waals surface area contributed by atoms with Crippen molar-refractivity contribution >= 4 is 21.7 Å². The number of hydrogen-bond donors (Lipinski definition) is 2. The van der Waals surface area contributed by atoms with Gasteiger partial charge in [-0.1, -0.05) is 25.5 Å². The monoisotopic (exact) mass is 285 g/mol. The van der Waals surface area contributed by atoms with Crippen LogP contribution in [0.3, 0.4) is 0 Å². The first-order chi connectivity index (χ1) is 8.93. The number of aliphatic carboxylic acids is 1. The number of nitrogens with one attached hydrogen (secondary N) is 1. The lowest BCUT2D eigenvalue weighted by atomic mass is 10.1. The molecule has 5 nitrogen and oxygen atoms in total. The molecule has 0 fully saturated rings. The minimum atomic E-state index is -3.31. The van der Waals surface area contributed by atoms with E-state index in [9.17, 15) is 13.2 Å². The van der Waals surface area contributed by atoms with Crippen LogP contribution in [0.25, 0.3) is 0 Å². The summed E-state index contributed by atoms with van der Waals surface area (Å²) >= 11 is 0. The largest absolute Gasteiger partial charge is 0.481 e. The summed E-state index contributed by atoms with van der Waals surface area (Å²) in [6, 6.07) is 6.84. The number of carboxylic acids is 1. The van der Waals surface area contributed by atoms with Crippen molar-refractivity contribution in [1.29, 1.82) is 0 Å². The van der Waals surface area contributed by atoms with Gasteiger partial charge in [-0.25, -0.2) is 8.42 Å². The first kappa shape index (κ1) is 15.5. The minimum Gasteiger partial charge on any atom is -0.481 e. The van der Waals surface area contributed by atoms with E-state index >= 15 is 0 Å². The van der Waals surface area contributed by atoms with Crippen molar-refractivity contribution in [3.63, 3.8) is 0 Å². The Balaban J connectivity index is 2.68. The van der Waals surface area contributed by atoms with Gasteiger partial charge >= 0.3 is 5.97 Å². The maximum Gasteiger partial charge on any atom is 0.303 e. The van der Waals surface area contributed by atoms with Crippen LogP contribution in [0.1, 0.15) is 31.7 Å². The first-order valence-corrected chi connectivity index (χ1v) is 7.89. The Kier molecular flexibility index (Phi) is 5.82. The molecule has 0 spiro atoms. The highest BCUT2D eigenvalue weighted by Crippen LogP contribution is 2.14. The van der Waals surface area contributed by atoms with E-state index in [2.05, 4.69) is 4.72 Å². The molecule has 0 heterocycles. The van der Waals surface area contributed by atoms with Crippen molar-refractivity contribution in [3.8, 4) is 0 Å². The first-order valence-electron chi connectivity index (χ1n) is 6.24. The number of benzene rings is 1. The molecule has 0 unspecified atom stereocenters. The van der Waals surface area contributed by atoms with Crippen LogP contribution in [-0.2, 0) is 21.2 Å². The Morgan fingerprint density at radius 1 is 1.37 bits per heavy atom. The lowest BCUT2D eigenvalue weighted by molar-refractivity contribution is -0.136. The average molecular weight is 285 g/mol. The zero-order chi connectivity index (χ0) is 14.3. The van der Waals surface area contributed by atoms with E-state index in [1.54, 1.807) is 24.3 Å². The second-order valence-corrected chi connectivity index (χ2v) is 6.21. The van der Waals surface area contributed by atoms with E-state index in [4.69, 9.17) is 5.11 Å². The number of hydrogen-bond acceptors (Lipinski definition) is 3. The predicted octanol–water partition coefficient (Wildman–Crippen LogP) is 2.25. The molecule has 0 saturated carbocycles. The molecular formula is C13H19NO4S. The van der Waals surface area contributed by atoms with Crippen molar-refractivity contribution in [2.45, 2.75) is 32.6 Å². The van der Waals surface area contributed by atoms with Gasteiger partial charge in [0.2, 0.25) is 10.0 Å². The summed E-state index contributed by atoms with van der Waals surface area (Å²) in [5, 5.41) is 8.62. The second-order valence-electron chi connectivity index (χ2n) is 4.37. The molecule has 0 atom stereocenters. The fraction of sp³-hybridized carbons (Fsp3) is 0.462. The van der Waals surface area contributed by atoms with Crippen LogP contribution in [-0.4, -0.2) is 25.2 Å². The summed E-state index contributed by atoms with van der Waals surface area (Å²) in [6.45, 7) is 1.93. The minimum absolute atomic E-state index is 0.0338. The summed E-state index contributed by atoms with van der Waals surface area (Å²) in [6.07, 6.45) is 1.86. The summed E-state index contributed by atoms with van der Waals surface area (Å²) in [7, 11) is -3.31. The lowest BCUT2D eigenvalue weighted by Gasteiger charge is -2.08. The molecule has 0 saturated heterocycles. The summed E-state index contributed by atoms with van der Waals surface area (Å²) in [5.74, 6) is -0.767. The summed E-state index contributed by atoms with van der Waals surface area (Å²) < 4.78 is 26.0. The van der Waals surface area contributed by atoms with E-state index in [0.717, 1.165) is 12.0 Å². The molecule has 0 amide bonds. The molecule has 1 rings (SSSR count). The standard InChI is InChI=1S/C13H19NO4S/c1-2-3-9-19(17,18)14-12-6-4-5-11(10-12)7-8-13(15)16/h4-6,10,14H,2-3,7-9H2,1H3,(H,15,16). The van der Waals surface area contributed by atoms with E-state index < -0.39 is 16.0 Å². The maximum absolute atomic E-state index is 11.7. The molecule has 0 aromatic heterocycles. The number of anilines is 1. The highest BCUT2D eigenvalue weighted by molar-refractivity contribution is 7.92. The summed E-state index contributed by atoms with van der Waals surface area (Å²) in [4.78, 5) is 10.5. The maximum atomic E-state index is 11.7. The van der Waals surface area contributed by atoms with Gasteiger partial charge in [0.05, 0.1) is 5.75 Å². The van der Waals surface area contributed by atoms with E-state index in [1.165, 1.54) is 0 Å². The van der Waals surface area contributed by atoms with Crippen LogP contribution < -0.4 is 4.72 Å². The number of rotatable bonds is 8. The second kappa shape index (κ2) is 7.13. The van der Waals surface area contributed by atoms with Crippen molar-refractivity contribution in [2.75, 3.05) is 10.5 Å². The van der Waals surface area contributed by atoms with Gasteiger partial charge in [-0.2, -0.15) is 0 Å². The highest BCUT2D eigenvalue weighted by atomic mass is 32.2. The van der Waals surface area contributed by atoms with Crippen LogP contribution in [0.5, 0.6) is 0 Å². The fourth-order valence-electron chi connectivity index (χ4n) is 1.61. The number of sulfonamides is 1. The molecule has 0 aliphatic carbocycles. The molecule has 2 N–H and O–H groups in total. The predicted molar refractivity (Wildman–Crippen MR) is 74.7 cm³/mol. The Labute approximate surface area is 113 Å². The highest BCUT2D eigenvalue weighted by Gasteiger charge is 2.09. The van der Waals surface area contributed by atoms with Gasteiger partial charge in [0.1, 0.15) is 0 Å². The quantitative estimate of drug-likeness (QED) is 0.767. The van der Waals surface area contributed by atoms with Crippen molar-refractivity contribution in [1.82, 2.24) is 0 Å². The van der Waals surface area contributed by atoms with Crippen molar-refractivity contribution in [2.24, 2.45) is 0 Å². The van der Waals surface area contributed by atoms with E-state index in [1.807, 2.05) is 6.92 Å². The zero-order valence-electron chi connectivity index (χ0n) is 10.9. The Bertz CT molecular complexity index is 525. The third kappa shape index (κ3) is 6.24. The van der Waals surface area contributed by atoms with Crippen LogP contribution >= 0.6 is 0 Å². The molecule has 1 aromatic rings. The van der Waals surface area contributed by atoms with Crippen LogP contribution in [0, 0.1) is 0 Å². The number of unbranched alkanes of at least 4 members (excludes halogenated alkanes) is 1. The zero-order valence-corrected chi connectivity index (χ0v) is 11.7. The fourth-order valence-corrected chi connectivity index (χ4v) is 2.86. The van der Waals surface area contributed by atoms with Gasteiger partial charge in [0, 0.05) is 12.1 Å². The Hall–Kier alpha value is -1.56. The lowest BCUT2D eigenvalue weighted by Crippen LogP contribution is -2.16. The third-order valence-corrected chi connectivity index (χ3v) is 3.97. The Morgan fingerprint density at radius 2 is 2.11 bits per heavy atom. The Morgan fingerprint density at radius 3 is 2.74 bits per heavy atom. The number of carboxylic acid groups (broad SMARTS) is 1. The van der Waals surface area contributed by atoms with Crippen molar-refractivity contribution in [3.05, 3.63) is 29.8 Å². The third-order valence-electron chi connectivity index (χ3n) is 2.59. The van der Waals surface area contributed by atoms with Gasteiger partial charge < -0.3 is 5.11 Å². The molecule has 19 heavy (non-hydrogen) atoms. The van der Waals surface area contributed by atoms with Gasteiger partial charge in [0.15, 0.2) is 0 Å².